The molecule has 1 aliphatic rings. The lowest BCUT2D eigenvalue weighted by molar-refractivity contribution is 0.122. The number of hydrogen-bond donors (Lipinski definition) is 1. The molecule has 0 amide bonds. The Balaban J connectivity index is 1.68. The zero-order chi connectivity index (χ0) is 26.5. The van der Waals surface area contributed by atoms with E-state index < -0.39 is 0 Å². The fraction of sp³-hybridized carbons (Fsp3) is 0.448. The molecule has 0 bridgehead atoms. The Hall–Kier alpha value is -2.87. The lowest BCUT2D eigenvalue weighted by atomic mass is 9.94. The molecular weight excluding hydrogens is 488 g/mol. The maximum absolute atomic E-state index is 6.57. The number of halogens is 1. The van der Waals surface area contributed by atoms with Gasteiger partial charge < -0.3 is 19.9 Å². The van der Waals surface area contributed by atoms with E-state index >= 15 is 0 Å². The standard InChI is InChI=1S/C29H37ClN4O3/c1-18(2)35-23-12-21(13-24(15-23)36-19(3)4)16-34-11-10-22(31)14-25(34)27-28(29(30)33-17-32-27)37-26-9-7-6-8-20(26)5/h6-9,12-13,15,17-19,22,25H,10-11,14,16,31H2,1-5H3. The zero-order valence-electron chi connectivity index (χ0n) is 22.3. The predicted molar refractivity (Wildman–Crippen MR) is 147 cm³/mol. The van der Waals surface area contributed by atoms with Gasteiger partial charge in [-0.15, -0.1) is 0 Å². The van der Waals surface area contributed by atoms with E-state index in [4.69, 9.17) is 31.5 Å². The number of likely N-dealkylation sites (tertiary alicyclic amines) is 1. The minimum Gasteiger partial charge on any atom is -0.491 e. The molecule has 2 heterocycles. The topological polar surface area (TPSA) is 82.7 Å². The Morgan fingerprint density at radius 1 is 1.03 bits per heavy atom. The van der Waals surface area contributed by atoms with Crippen molar-refractivity contribution in [1.29, 1.82) is 0 Å². The van der Waals surface area contributed by atoms with Gasteiger partial charge in [0, 0.05) is 25.2 Å². The minimum atomic E-state index is -0.0904. The van der Waals surface area contributed by atoms with Crippen LogP contribution >= 0.6 is 11.6 Å². The van der Waals surface area contributed by atoms with Gasteiger partial charge in [0.15, 0.2) is 10.9 Å². The van der Waals surface area contributed by atoms with E-state index in [0.717, 1.165) is 53.5 Å². The van der Waals surface area contributed by atoms with Crippen molar-refractivity contribution < 1.29 is 14.2 Å². The number of benzene rings is 2. The molecule has 1 aromatic heterocycles. The third kappa shape index (κ3) is 7.12. The molecule has 0 aliphatic carbocycles. The van der Waals surface area contributed by atoms with Gasteiger partial charge in [0.25, 0.3) is 0 Å². The summed E-state index contributed by atoms with van der Waals surface area (Å²) in [7, 11) is 0. The van der Waals surface area contributed by atoms with Crippen molar-refractivity contribution >= 4 is 11.6 Å². The summed E-state index contributed by atoms with van der Waals surface area (Å²) in [6, 6.07) is 13.9. The largest absolute Gasteiger partial charge is 0.491 e. The summed E-state index contributed by atoms with van der Waals surface area (Å²) in [6.45, 7) is 11.6. The second-order valence-corrected chi connectivity index (χ2v) is 10.5. The van der Waals surface area contributed by atoms with Gasteiger partial charge in [0.1, 0.15) is 29.3 Å². The van der Waals surface area contributed by atoms with Gasteiger partial charge in [-0.25, -0.2) is 9.97 Å². The molecule has 2 unspecified atom stereocenters. The summed E-state index contributed by atoms with van der Waals surface area (Å²) < 4.78 is 18.4. The lowest BCUT2D eigenvalue weighted by Gasteiger charge is -2.38. The number of aromatic nitrogens is 2. The minimum absolute atomic E-state index is 0.0525. The van der Waals surface area contributed by atoms with Crippen molar-refractivity contribution in [1.82, 2.24) is 14.9 Å². The van der Waals surface area contributed by atoms with E-state index in [1.165, 1.54) is 6.33 Å². The summed E-state index contributed by atoms with van der Waals surface area (Å²) in [5, 5.41) is 0.285. The van der Waals surface area contributed by atoms with Crippen LogP contribution in [0.25, 0.3) is 0 Å². The smallest absolute Gasteiger partial charge is 0.187 e. The molecule has 0 saturated carbocycles. The Morgan fingerprint density at radius 3 is 2.35 bits per heavy atom. The van der Waals surface area contributed by atoms with Crippen molar-refractivity contribution in [2.45, 2.75) is 78.3 Å². The monoisotopic (exact) mass is 524 g/mol. The second kappa shape index (κ2) is 12.1. The number of para-hydroxylation sites is 1. The Labute approximate surface area is 224 Å². The second-order valence-electron chi connectivity index (χ2n) is 10.2. The van der Waals surface area contributed by atoms with Crippen LogP contribution in [0.15, 0.2) is 48.8 Å². The Morgan fingerprint density at radius 2 is 1.70 bits per heavy atom. The van der Waals surface area contributed by atoms with Crippen LogP contribution in [0.2, 0.25) is 5.15 Å². The summed E-state index contributed by atoms with van der Waals surface area (Å²) >= 11 is 6.57. The van der Waals surface area contributed by atoms with Crippen molar-refractivity contribution in [3.8, 4) is 23.0 Å². The van der Waals surface area contributed by atoms with Crippen molar-refractivity contribution in [2.75, 3.05) is 6.54 Å². The maximum Gasteiger partial charge on any atom is 0.187 e. The van der Waals surface area contributed by atoms with Crippen LogP contribution in [0.3, 0.4) is 0 Å². The molecule has 2 atom stereocenters. The van der Waals surface area contributed by atoms with E-state index in [-0.39, 0.29) is 29.4 Å². The number of nitrogens with two attached hydrogens (primary N) is 1. The quantitative estimate of drug-likeness (QED) is 0.321. The Kier molecular flexibility index (Phi) is 8.90. The first kappa shape index (κ1) is 27.2. The van der Waals surface area contributed by atoms with Gasteiger partial charge in [0.2, 0.25) is 0 Å². The molecule has 4 rings (SSSR count). The highest BCUT2D eigenvalue weighted by Crippen LogP contribution is 2.40. The number of nitrogens with zero attached hydrogens (tertiary/aromatic N) is 3. The average molecular weight is 525 g/mol. The molecule has 2 aromatic carbocycles. The van der Waals surface area contributed by atoms with Crippen molar-refractivity contribution in [2.24, 2.45) is 5.73 Å². The first-order chi connectivity index (χ1) is 17.7. The molecule has 2 N–H and O–H groups in total. The number of rotatable bonds is 9. The molecule has 1 saturated heterocycles. The predicted octanol–water partition coefficient (Wildman–Crippen LogP) is 6.47. The number of piperidine rings is 1. The molecule has 8 heteroatoms. The van der Waals surface area contributed by atoms with E-state index in [9.17, 15) is 0 Å². The van der Waals surface area contributed by atoms with Crippen LogP contribution in [0.1, 0.15) is 63.4 Å². The first-order valence-corrected chi connectivity index (χ1v) is 13.3. The fourth-order valence-electron chi connectivity index (χ4n) is 4.63. The molecule has 37 heavy (non-hydrogen) atoms. The van der Waals surface area contributed by atoms with E-state index in [1.54, 1.807) is 0 Å². The van der Waals surface area contributed by atoms with Crippen molar-refractivity contribution in [3.05, 3.63) is 70.8 Å². The highest BCUT2D eigenvalue weighted by molar-refractivity contribution is 6.30. The highest BCUT2D eigenvalue weighted by Gasteiger charge is 2.33. The SMILES string of the molecule is Cc1ccccc1Oc1c(Cl)ncnc1C1CC(N)CCN1Cc1cc(OC(C)C)cc(OC(C)C)c1. The van der Waals surface area contributed by atoms with E-state index in [2.05, 4.69) is 27.0 Å². The number of aryl methyl sites for hydroxylation is 1. The maximum atomic E-state index is 6.57. The number of ether oxygens (including phenoxy) is 3. The molecule has 198 valence electrons. The van der Waals surface area contributed by atoms with Crippen LogP contribution in [-0.4, -0.2) is 39.7 Å². The van der Waals surface area contributed by atoms with E-state index in [1.807, 2.05) is 65.0 Å². The first-order valence-electron chi connectivity index (χ1n) is 12.9. The van der Waals surface area contributed by atoms with Crippen LogP contribution in [0.5, 0.6) is 23.0 Å². The molecular formula is C29H37ClN4O3. The molecule has 3 aromatic rings. The van der Waals surface area contributed by atoms with Gasteiger partial charge in [0.05, 0.1) is 18.2 Å². The summed E-state index contributed by atoms with van der Waals surface area (Å²) in [4.78, 5) is 11.3. The summed E-state index contributed by atoms with van der Waals surface area (Å²) in [6.07, 6.45) is 3.24. The number of hydrogen-bond acceptors (Lipinski definition) is 7. The zero-order valence-corrected chi connectivity index (χ0v) is 23.0. The molecule has 1 aliphatic heterocycles. The summed E-state index contributed by atoms with van der Waals surface area (Å²) in [5.41, 5.74) is 9.30. The van der Waals surface area contributed by atoms with Crippen LogP contribution in [0, 0.1) is 6.92 Å². The van der Waals surface area contributed by atoms with Crippen LogP contribution in [-0.2, 0) is 6.54 Å². The van der Waals surface area contributed by atoms with E-state index in [0.29, 0.717) is 12.3 Å². The normalized spacial score (nSPS) is 18.3. The van der Waals surface area contributed by atoms with Gasteiger partial charge >= 0.3 is 0 Å². The molecule has 0 radical (unpaired) electrons. The highest BCUT2D eigenvalue weighted by atomic mass is 35.5. The van der Waals surface area contributed by atoms with Crippen molar-refractivity contribution in [3.63, 3.8) is 0 Å². The molecule has 0 spiro atoms. The average Bonchev–Trinajstić information content (AvgIpc) is 2.82. The lowest BCUT2D eigenvalue weighted by Crippen LogP contribution is -2.42. The van der Waals surface area contributed by atoms with Gasteiger partial charge in [-0.3, -0.25) is 4.90 Å². The van der Waals surface area contributed by atoms with Gasteiger partial charge in [-0.1, -0.05) is 29.8 Å². The van der Waals surface area contributed by atoms with Crippen LogP contribution < -0.4 is 19.9 Å². The Bertz CT molecular complexity index is 1180. The third-order valence-corrected chi connectivity index (χ3v) is 6.50. The van der Waals surface area contributed by atoms with Gasteiger partial charge in [-0.05, 0) is 76.8 Å². The molecule has 1 fully saturated rings. The molecule has 7 nitrogen and oxygen atoms in total. The van der Waals surface area contributed by atoms with Crippen LogP contribution in [0.4, 0.5) is 0 Å². The fourth-order valence-corrected chi connectivity index (χ4v) is 4.81. The van der Waals surface area contributed by atoms with Gasteiger partial charge in [-0.2, -0.15) is 0 Å². The third-order valence-electron chi connectivity index (χ3n) is 6.23. The summed E-state index contributed by atoms with van der Waals surface area (Å²) in [5.74, 6) is 2.79.